The Kier molecular flexibility index (Phi) is 6.82. The average molecular weight is 381 g/mol. The van der Waals surface area contributed by atoms with Gasteiger partial charge in [0.15, 0.2) is 0 Å². The van der Waals surface area contributed by atoms with Crippen LogP contribution in [0.4, 0.5) is 0 Å². The molecule has 2 aromatic rings. The number of hydrogen-bond acceptors (Lipinski definition) is 4. The third kappa shape index (κ3) is 5.07. The van der Waals surface area contributed by atoms with E-state index in [1.807, 2.05) is 30.3 Å². The molecule has 1 amide bonds. The molecule has 0 spiro atoms. The summed E-state index contributed by atoms with van der Waals surface area (Å²) in [5.74, 6) is -0.430. The number of Topliss-reactive ketones (excluding diaryl/α,β-unsaturated/α-hetero) is 1. The van der Waals surface area contributed by atoms with Crippen molar-refractivity contribution < 1.29 is 14.4 Å². The van der Waals surface area contributed by atoms with Gasteiger partial charge in [0.05, 0.1) is 0 Å². The number of benzene rings is 2. The van der Waals surface area contributed by atoms with Crippen molar-refractivity contribution in [2.45, 2.75) is 31.7 Å². The fraction of sp³-hybridized carbons (Fsp3) is 0.318. The van der Waals surface area contributed by atoms with Gasteiger partial charge in [-0.05, 0) is 31.2 Å². The first-order valence-electron chi connectivity index (χ1n) is 9.28. The quantitative estimate of drug-likeness (QED) is 0.565. The Balaban J connectivity index is 1.61. The van der Waals surface area contributed by atoms with E-state index in [1.165, 1.54) is 22.2 Å². The summed E-state index contributed by atoms with van der Waals surface area (Å²) in [6, 6.07) is 18.1. The molecule has 27 heavy (non-hydrogen) atoms. The number of ketones is 1. The SMILES string of the molecule is O=C(C(=O)N1CCCCC1C(=O)SCCc1ccccc1)c1ccccc1. The first kappa shape index (κ1) is 19.4. The maximum absolute atomic E-state index is 12.7. The van der Waals surface area contributed by atoms with Crippen LogP contribution in [0.1, 0.15) is 35.2 Å². The summed E-state index contributed by atoms with van der Waals surface area (Å²) < 4.78 is 0. The standard InChI is InChI=1S/C22H23NO3S/c24-20(18-11-5-2-6-12-18)21(25)23-15-8-7-13-19(23)22(26)27-16-14-17-9-3-1-4-10-17/h1-6,9-12,19H,7-8,13-16H2. The molecule has 1 atom stereocenters. The fourth-order valence-corrected chi connectivity index (χ4v) is 4.25. The van der Waals surface area contributed by atoms with Crippen LogP contribution in [0.3, 0.4) is 0 Å². The van der Waals surface area contributed by atoms with E-state index in [4.69, 9.17) is 0 Å². The number of carbonyl (C=O) groups is 3. The predicted octanol–water partition coefficient (Wildman–Crippen LogP) is 3.75. The van der Waals surface area contributed by atoms with Crippen LogP contribution in [0.2, 0.25) is 0 Å². The summed E-state index contributed by atoms with van der Waals surface area (Å²) in [6.07, 6.45) is 3.16. The number of nitrogens with zero attached hydrogens (tertiary/aromatic N) is 1. The van der Waals surface area contributed by atoms with Gasteiger partial charge in [0.25, 0.3) is 5.91 Å². The maximum atomic E-state index is 12.7. The summed E-state index contributed by atoms with van der Waals surface area (Å²) in [5.41, 5.74) is 1.56. The third-order valence-corrected chi connectivity index (χ3v) is 5.71. The molecule has 3 rings (SSSR count). The fourth-order valence-electron chi connectivity index (χ4n) is 3.27. The van der Waals surface area contributed by atoms with Gasteiger partial charge in [-0.2, -0.15) is 0 Å². The molecule has 0 aromatic heterocycles. The summed E-state index contributed by atoms with van der Waals surface area (Å²) >= 11 is 1.26. The highest BCUT2D eigenvalue weighted by Crippen LogP contribution is 2.23. The molecule has 1 aliphatic heterocycles. The summed E-state index contributed by atoms with van der Waals surface area (Å²) in [6.45, 7) is 0.465. The van der Waals surface area contributed by atoms with E-state index < -0.39 is 17.7 Å². The van der Waals surface area contributed by atoms with E-state index in [0.717, 1.165) is 19.3 Å². The van der Waals surface area contributed by atoms with Crippen molar-refractivity contribution in [3.05, 3.63) is 71.8 Å². The molecule has 1 heterocycles. The zero-order chi connectivity index (χ0) is 19.1. The van der Waals surface area contributed by atoms with Crippen molar-refractivity contribution in [2.75, 3.05) is 12.3 Å². The van der Waals surface area contributed by atoms with Crippen LogP contribution in [-0.4, -0.2) is 40.0 Å². The smallest absolute Gasteiger partial charge is 0.295 e. The number of piperidine rings is 1. The third-order valence-electron chi connectivity index (χ3n) is 4.74. The van der Waals surface area contributed by atoms with Crippen molar-refractivity contribution in [2.24, 2.45) is 0 Å². The van der Waals surface area contributed by atoms with Crippen molar-refractivity contribution in [3.8, 4) is 0 Å². The van der Waals surface area contributed by atoms with Crippen LogP contribution in [0, 0.1) is 0 Å². The lowest BCUT2D eigenvalue weighted by molar-refractivity contribution is -0.134. The van der Waals surface area contributed by atoms with Gasteiger partial charge < -0.3 is 4.90 Å². The van der Waals surface area contributed by atoms with Gasteiger partial charge in [0.1, 0.15) is 6.04 Å². The van der Waals surface area contributed by atoms with Gasteiger partial charge in [-0.1, -0.05) is 72.4 Å². The molecule has 140 valence electrons. The van der Waals surface area contributed by atoms with Crippen molar-refractivity contribution in [1.82, 2.24) is 4.90 Å². The second kappa shape index (κ2) is 9.51. The van der Waals surface area contributed by atoms with Crippen LogP contribution >= 0.6 is 11.8 Å². The molecular weight excluding hydrogens is 358 g/mol. The molecule has 0 radical (unpaired) electrons. The van der Waals surface area contributed by atoms with Gasteiger partial charge in [-0.3, -0.25) is 14.4 Å². The lowest BCUT2D eigenvalue weighted by Gasteiger charge is -2.34. The van der Waals surface area contributed by atoms with E-state index in [-0.39, 0.29) is 5.12 Å². The Labute approximate surface area is 163 Å². The van der Waals surface area contributed by atoms with Gasteiger partial charge in [0.2, 0.25) is 10.9 Å². The van der Waals surface area contributed by atoms with Gasteiger partial charge >= 0.3 is 0 Å². The molecule has 5 heteroatoms. The zero-order valence-corrected chi connectivity index (χ0v) is 16.0. The van der Waals surface area contributed by atoms with Crippen LogP contribution in [0.5, 0.6) is 0 Å². The average Bonchev–Trinajstić information content (AvgIpc) is 2.74. The van der Waals surface area contributed by atoms with E-state index >= 15 is 0 Å². The van der Waals surface area contributed by atoms with E-state index in [1.54, 1.807) is 30.3 Å². The van der Waals surface area contributed by atoms with Crippen LogP contribution in [0.15, 0.2) is 60.7 Å². The number of carbonyl (C=O) groups excluding carboxylic acids is 3. The summed E-state index contributed by atoms with van der Waals surface area (Å²) in [5, 5.41) is -0.0140. The minimum atomic E-state index is -0.567. The number of rotatable bonds is 6. The lowest BCUT2D eigenvalue weighted by Crippen LogP contribution is -2.49. The van der Waals surface area contributed by atoms with E-state index in [9.17, 15) is 14.4 Å². The summed E-state index contributed by atoms with van der Waals surface area (Å²) in [7, 11) is 0. The van der Waals surface area contributed by atoms with Crippen LogP contribution < -0.4 is 0 Å². The van der Waals surface area contributed by atoms with Crippen molar-refractivity contribution in [1.29, 1.82) is 0 Å². The molecule has 2 aromatic carbocycles. The summed E-state index contributed by atoms with van der Waals surface area (Å²) in [4.78, 5) is 39.4. The van der Waals surface area contributed by atoms with Crippen molar-refractivity contribution >= 4 is 28.6 Å². The molecule has 1 saturated heterocycles. The highest BCUT2D eigenvalue weighted by molar-refractivity contribution is 8.13. The second-order valence-electron chi connectivity index (χ2n) is 6.61. The monoisotopic (exact) mass is 381 g/mol. The lowest BCUT2D eigenvalue weighted by atomic mass is 10.0. The van der Waals surface area contributed by atoms with Gasteiger partial charge in [-0.25, -0.2) is 0 Å². The van der Waals surface area contributed by atoms with Crippen LogP contribution in [-0.2, 0) is 16.0 Å². The minimum absolute atomic E-state index is 0.0140. The Hall–Kier alpha value is -2.40. The zero-order valence-electron chi connectivity index (χ0n) is 15.2. The molecule has 1 fully saturated rings. The van der Waals surface area contributed by atoms with Gasteiger partial charge in [0, 0.05) is 17.9 Å². The highest BCUT2D eigenvalue weighted by Gasteiger charge is 2.35. The molecule has 4 nitrogen and oxygen atoms in total. The van der Waals surface area contributed by atoms with E-state index in [2.05, 4.69) is 0 Å². The molecule has 1 aliphatic rings. The Morgan fingerprint density at radius 2 is 1.59 bits per heavy atom. The molecular formula is C22H23NO3S. The molecule has 0 saturated carbocycles. The van der Waals surface area contributed by atoms with Crippen molar-refractivity contribution in [3.63, 3.8) is 0 Å². The molecule has 0 bridgehead atoms. The number of aryl methyl sites for hydroxylation is 1. The van der Waals surface area contributed by atoms with E-state index in [0.29, 0.717) is 24.3 Å². The topological polar surface area (TPSA) is 54.5 Å². The Morgan fingerprint density at radius 3 is 2.30 bits per heavy atom. The highest BCUT2D eigenvalue weighted by atomic mass is 32.2. The first-order valence-corrected chi connectivity index (χ1v) is 10.3. The second-order valence-corrected chi connectivity index (χ2v) is 7.71. The Bertz CT molecular complexity index is 792. The number of hydrogen-bond donors (Lipinski definition) is 0. The first-order chi connectivity index (χ1) is 13.2. The maximum Gasteiger partial charge on any atom is 0.295 e. The molecule has 0 N–H and O–H groups in total. The number of thioether (sulfide) groups is 1. The normalized spacial score (nSPS) is 16.7. The molecule has 0 aliphatic carbocycles. The Morgan fingerprint density at radius 1 is 0.926 bits per heavy atom. The number of amides is 1. The predicted molar refractivity (Wildman–Crippen MR) is 108 cm³/mol. The molecule has 1 unspecified atom stereocenters. The van der Waals surface area contributed by atoms with Crippen LogP contribution in [0.25, 0.3) is 0 Å². The minimum Gasteiger partial charge on any atom is -0.325 e. The van der Waals surface area contributed by atoms with Gasteiger partial charge in [-0.15, -0.1) is 0 Å². The number of likely N-dealkylation sites (tertiary alicyclic amines) is 1. The largest absolute Gasteiger partial charge is 0.325 e.